The zero-order valence-corrected chi connectivity index (χ0v) is 24.3. The first-order chi connectivity index (χ1) is 18.5. The van der Waals surface area contributed by atoms with E-state index in [2.05, 4.69) is 77.9 Å². The van der Waals surface area contributed by atoms with E-state index >= 15 is 0 Å². The molecule has 1 amide bonds. The molecule has 0 radical (unpaired) electrons. The van der Waals surface area contributed by atoms with Crippen molar-refractivity contribution < 1.29 is 9.21 Å². The van der Waals surface area contributed by atoms with Crippen LogP contribution >= 0.6 is 0 Å². The van der Waals surface area contributed by atoms with E-state index in [0.717, 1.165) is 16.9 Å². The van der Waals surface area contributed by atoms with E-state index in [9.17, 15) is 4.79 Å². The van der Waals surface area contributed by atoms with Crippen molar-refractivity contribution in [1.82, 2.24) is 4.90 Å². The van der Waals surface area contributed by atoms with Gasteiger partial charge < -0.3 is 9.32 Å². The van der Waals surface area contributed by atoms with Crippen molar-refractivity contribution in [2.75, 3.05) is 0 Å². The van der Waals surface area contributed by atoms with Crippen LogP contribution in [0.5, 0.6) is 0 Å². The molecule has 0 bridgehead atoms. The number of amides is 1. The maximum atomic E-state index is 13.9. The summed E-state index contributed by atoms with van der Waals surface area (Å²) < 4.78 is 6.25. The number of carbonyl (C=O) groups excluding carboxylic acids is 1. The summed E-state index contributed by atoms with van der Waals surface area (Å²) in [5.74, 6) is 1.12. The van der Waals surface area contributed by atoms with Crippen molar-refractivity contribution in [2.45, 2.75) is 84.2 Å². The molecule has 0 saturated carbocycles. The molecule has 39 heavy (non-hydrogen) atoms. The molecule has 1 atom stereocenters. The highest BCUT2D eigenvalue weighted by molar-refractivity contribution is 5.91. The topological polar surface area (TPSA) is 33.5 Å². The fraction of sp³-hybridized carbons (Fsp3) is 0.361. The van der Waals surface area contributed by atoms with Gasteiger partial charge in [-0.1, -0.05) is 100 Å². The number of carbonyl (C=O) groups is 1. The third-order valence-corrected chi connectivity index (χ3v) is 8.75. The SMILES string of the molecule is Cc1cc2c(cc1Cc1ccc(C(=O)N(Cc3ccccc3)[C@@H](C)c3ccccc3)o1)C(C)(C)CCC2(C)C. The summed E-state index contributed by atoms with van der Waals surface area (Å²) in [6, 6.07) is 28.8. The van der Waals surface area contributed by atoms with Crippen LogP contribution in [0.25, 0.3) is 0 Å². The number of benzene rings is 3. The molecule has 3 heteroatoms. The van der Waals surface area contributed by atoms with E-state index in [0.29, 0.717) is 18.7 Å². The number of nitrogens with zero attached hydrogens (tertiary/aromatic N) is 1. The largest absolute Gasteiger partial charge is 0.456 e. The van der Waals surface area contributed by atoms with Crippen LogP contribution in [-0.2, 0) is 23.8 Å². The molecule has 0 saturated heterocycles. The van der Waals surface area contributed by atoms with Gasteiger partial charge in [-0.25, -0.2) is 0 Å². The standard InChI is InChI=1S/C36H41NO2/c1-25-21-31-32(36(5,6)20-19-35(31,3)4)23-29(25)22-30-17-18-33(39-30)34(38)37(24-27-13-9-7-10-14-27)26(2)28-15-11-8-12-16-28/h7-18,21,23,26H,19-20,22,24H2,1-6H3/t26-/m0/s1. The normalized spacial score (nSPS) is 16.4. The van der Waals surface area contributed by atoms with Crippen molar-refractivity contribution in [3.8, 4) is 0 Å². The molecule has 202 valence electrons. The van der Waals surface area contributed by atoms with Gasteiger partial charge in [0.1, 0.15) is 5.76 Å². The third-order valence-electron chi connectivity index (χ3n) is 8.75. The molecular formula is C36H41NO2. The average Bonchev–Trinajstić information content (AvgIpc) is 3.40. The third kappa shape index (κ3) is 5.59. The molecule has 1 heterocycles. The molecule has 0 aliphatic heterocycles. The van der Waals surface area contributed by atoms with E-state index in [1.165, 1.54) is 35.1 Å². The van der Waals surface area contributed by atoms with Gasteiger partial charge in [-0.3, -0.25) is 4.79 Å². The Morgan fingerprint density at radius 3 is 2.08 bits per heavy atom. The lowest BCUT2D eigenvalue weighted by atomic mass is 9.62. The maximum Gasteiger partial charge on any atom is 0.290 e. The van der Waals surface area contributed by atoms with Gasteiger partial charge in [-0.2, -0.15) is 0 Å². The molecule has 3 nitrogen and oxygen atoms in total. The predicted molar refractivity (Wildman–Crippen MR) is 159 cm³/mol. The summed E-state index contributed by atoms with van der Waals surface area (Å²) in [6.07, 6.45) is 3.07. The first-order valence-corrected chi connectivity index (χ1v) is 14.2. The first-order valence-electron chi connectivity index (χ1n) is 14.2. The summed E-state index contributed by atoms with van der Waals surface area (Å²) in [7, 11) is 0. The molecule has 1 aliphatic rings. The molecule has 0 spiro atoms. The molecule has 3 aromatic carbocycles. The van der Waals surface area contributed by atoms with Crippen LogP contribution in [0, 0.1) is 6.92 Å². The molecule has 5 rings (SSSR count). The molecule has 0 unspecified atom stereocenters. The molecule has 4 aromatic rings. The number of furan rings is 1. The Kier molecular flexibility index (Phi) is 7.29. The Bertz CT molecular complexity index is 1450. The minimum Gasteiger partial charge on any atom is -0.456 e. The summed E-state index contributed by atoms with van der Waals surface area (Å²) in [6.45, 7) is 14.2. The van der Waals surface area contributed by atoms with Crippen molar-refractivity contribution in [2.24, 2.45) is 0 Å². The lowest BCUT2D eigenvalue weighted by molar-refractivity contribution is 0.0639. The molecule has 0 N–H and O–H groups in total. The van der Waals surface area contributed by atoms with Crippen LogP contribution in [0.15, 0.2) is 89.3 Å². The molecule has 1 aromatic heterocycles. The lowest BCUT2D eigenvalue weighted by Gasteiger charge is -2.42. The highest BCUT2D eigenvalue weighted by atomic mass is 16.4. The van der Waals surface area contributed by atoms with Gasteiger partial charge in [0.05, 0.1) is 6.04 Å². The molecule has 0 fully saturated rings. The van der Waals surface area contributed by atoms with Gasteiger partial charge in [0.15, 0.2) is 5.76 Å². The summed E-state index contributed by atoms with van der Waals surface area (Å²) in [5, 5.41) is 0. The number of hydrogen-bond acceptors (Lipinski definition) is 2. The van der Waals surface area contributed by atoms with Gasteiger partial charge >= 0.3 is 0 Å². The van der Waals surface area contributed by atoms with Crippen molar-refractivity contribution in [3.05, 3.63) is 130 Å². The smallest absolute Gasteiger partial charge is 0.290 e. The summed E-state index contributed by atoms with van der Waals surface area (Å²) in [4.78, 5) is 15.8. The highest BCUT2D eigenvalue weighted by Gasteiger charge is 2.37. The number of hydrogen-bond donors (Lipinski definition) is 0. The fourth-order valence-corrected chi connectivity index (χ4v) is 5.95. The zero-order chi connectivity index (χ0) is 27.8. The fourth-order valence-electron chi connectivity index (χ4n) is 5.95. The van der Waals surface area contributed by atoms with E-state index in [1.807, 2.05) is 53.4 Å². The maximum absolute atomic E-state index is 13.9. The second-order valence-electron chi connectivity index (χ2n) is 12.5. The van der Waals surface area contributed by atoms with Crippen LogP contribution in [0.2, 0.25) is 0 Å². The van der Waals surface area contributed by atoms with Gasteiger partial charge in [-0.15, -0.1) is 0 Å². The van der Waals surface area contributed by atoms with Crippen molar-refractivity contribution in [1.29, 1.82) is 0 Å². The Balaban J connectivity index is 1.42. The number of aryl methyl sites for hydroxylation is 1. The van der Waals surface area contributed by atoms with E-state index < -0.39 is 0 Å². The minimum absolute atomic E-state index is 0.0912. The first kappa shape index (κ1) is 27.0. The Hall–Kier alpha value is -3.59. The van der Waals surface area contributed by atoms with Gasteiger partial charge in [0, 0.05) is 13.0 Å². The van der Waals surface area contributed by atoms with Crippen LogP contribution in [-0.4, -0.2) is 10.8 Å². The summed E-state index contributed by atoms with van der Waals surface area (Å²) in [5.41, 5.74) is 8.02. The monoisotopic (exact) mass is 519 g/mol. The highest BCUT2D eigenvalue weighted by Crippen LogP contribution is 2.46. The minimum atomic E-state index is -0.0964. The second-order valence-corrected chi connectivity index (χ2v) is 12.5. The summed E-state index contributed by atoms with van der Waals surface area (Å²) >= 11 is 0. The molecule has 1 aliphatic carbocycles. The van der Waals surface area contributed by atoms with Gasteiger partial charge in [0.25, 0.3) is 5.91 Å². The van der Waals surface area contributed by atoms with Crippen molar-refractivity contribution >= 4 is 5.91 Å². The van der Waals surface area contributed by atoms with Crippen molar-refractivity contribution in [3.63, 3.8) is 0 Å². The van der Waals surface area contributed by atoms with Gasteiger partial charge in [0.2, 0.25) is 0 Å². The van der Waals surface area contributed by atoms with Crippen LogP contribution in [0.4, 0.5) is 0 Å². The van der Waals surface area contributed by atoms with Crippen LogP contribution < -0.4 is 0 Å². The second kappa shape index (κ2) is 10.5. The lowest BCUT2D eigenvalue weighted by Crippen LogP contribution is -2.34. The Morgan fingerprint density at radius 2 is 1.44 bits per heavy atom. The van der Waals surface area contributed by atoms with Gasteiger partial charge in [-0.05, 0) is 83.0 Å². The Labute approximate surface area is 233 Å². The predicted octanol–water partition coefficient (Wildman–Crippen LogP) is 8.93. The number of rotatable bonds is 7. The van der Waals surface area contributed by atoms with E-state index in [-0.39, 0.29) is 22.8 Å². The quantitative estimate of drug-likeness (QED) is 0.244. The molecular weight excluding hydrogens is 478 g/mol. The van der Waals surface area contributed by atoms with Crippen LogP contribution in [0.3, 0.4) is 0 Å². The van der Waals surface area contributed by atoms with E-state index in [4.69, 9.17) is 4.42 Å². The number of fused-ring (bicyclic) bond motifs is 1. The Morgan fingerprint density at radius 1 is 0.846 bits per heavy atom. The van der Waals surface area contributed by atoms with Crippen LogP contribution in [0.1, 0.15) is 103 Å². The zero-order valence-electron chi connectivity index (χ0n) is 24.3. The van der Waals surface area contributed by atoms with E-state index in [1.54, 1.807) is 0 Å². The average molecular weight is 520 g/mol.